The van der Waals surface area contributed by atoms with E-state index in [-0.39, 0.29) is 24.9 Å². The van der Waals surface area contributed by atoms with Crippen molar-refractivity contribution in [2.75, 3.05) is 0 Å². The molecule has 0 spiro atoms. The molecule has 2 amide bonds. The Bertz CT molecular complexity index is 1040. The van der Waals surface area contributed by atoms with Gasteiger partial charge in [0.2, 0.25) is 5.91 Å². The quantitative estimate of drug-likeness (QED) is 0.0687. The number of carbonyl (C=O) groups is 4. The van der Waals surface area contributed by atoms with Crippen LogP contribution in [0.1, 0.15) is 144 Å². The second-order valence-electron chi connectivity index (χ2n) is 14.2. The number of hydrogen-bond donors (Lipinski definition) is 2. The lowest BCUT2D eigenvalue weighted by Gasteiger charge is -2.28. The molecule has 0 aliphatic heterocycles. The first-order valence-electron chi connectivity index (χ1n) is 18.0. The van der Waals surface area contributed by atoms with Gasteiger partial charge >= 0.3 is 18.0 Å². The van der Waals surface area contributed by atoms with Crippen LogP contribution in [0.15, 0.2) is 30.3 Å². The summed E-state index contributed by atoms with van der Waals surface area (Å²) in [4.78, 5) is 52.6. The third kappa shape index (κ3) is 20.0. The van der Waals surface area contributed by atoms with Crippen LogP contribution in [0.5, 0.6) is 0 Å². The number of amides is 2. The molecule has 2 N–H and O–H groups in total. The van der Waals surface area contributed by atoms with E-state index in [4.69, 9.17) is 14.2 Å². The second kappa shape index (κ2) is 23.3. The van der Waals surface area contributed by atoms with Gasteiger partial charge in [0.05, 0.1) is 6.42 Å². The molecule has 0 bridgehead atoms. The van der Waals surface area contributed by atoms with E-state index in [0.29, 0.717) is 19.3 Å². The summed E-state index contributed by atoms with van der Waals surface area (Å²) < 4.78 is 16.9. The number of nitrogens with one attached hydrogen (secondary N) is 2. The van der Waals surface area contributed by atoms with Crippen molar-refractivity contribution in [1.82, 2.24) is 10.6 Å². The number of unbranched alkanes of at least 4 members (excludes halogenated alkanes) is 8. The van der Waals surface area contributed by atoms with Crippen LogP contribution >= 0.6 is 0 Å². The van der Waals surface area contributed by atoms with Crippen molar-refractivity contribution in [2.24, 2.45) is 11.8 Å². The van der Waals surface area contributed by atoms with E-state index in [9.17, 15) is 19.2 Å². The zero-order valence-corrected chi connectivity index (χ0v) is 30.5. The first-order chi connectivity index (χ1) is 22.2. The highest BCUT2D eigenvalue weighted by molar-refractivity contribution is 5.90. The fourth-order valence-corrected chi connectivity index (χ4v) is 5.18. The van der Waals surface area contributed by atoms with Gasteiger partial charge in [0.1, 0.15) is 30.4 Å². The SMILES string of the molecule is CCCCCCCCCCCC(CC(=O)OCc1ccccc1)OC(=O)[C@@H](NC(=O)[C@H](CC(C)C)NC(=O)OC(C)(C)C)[C@@H](C)CC. The van der Waals surface area contributed by atoms with Crippen LogP contribution in [-0.4, -0.2) is 47.7 Å². The summed E-state index contributed by atoms with van der Waals surface area (Å²) >= 11 is 0. The van der Waals surface area contributed by atoms with Crippen LogP contribution in [-0.2, 0) is 35.2 Å². The number of carbonyl (C=O) groups excluding carboxylic acids is 4. The van der Waals surface area contributed by atoms with Gasteiger partial charge in [-0.1, -0.05) is 123 Å². The van der Waals surface area contributed by atoms with Crippen molar-refractivity contribution in [3.8, 4) is 0 Å². The van der Waals surface area contributed by atoms with Gasteiger partial charge in [0.15, 0.2) is 0 Å². The number of rotatable bonds is 23. The molecule has 0 aliphatic rings. The second-order valence-corrected chi connectivity index (χ2v) is 14.2. The van der Waals surface area contributed by atoms with Crippen LogP contribution in [0, 0.1) is 11.8 Å². The molecule has 1 rings (SSSR count). The van der Waals surface area contributed by atoms with E-state index in [1.165, 1.54) is 38.5 Å². The maximum Gasteiger partial charge on any atom is 0.408 e. The van der Waals surface area contributed by atoms with Gasteiger partial charge in [-0.15, -0.1) is 0 Å². The smallest absolute Gasteiger partial charge is 0.408 e. The van der Waals surface area contributed by atoms with Crippen LogP contribution in [0.3, 0.4) is 0 Å². The molecule has 9 heteroatoms. The Hall–Kier alpha value is -3.10. The number of esters is 2. The first-order valence-corrected chi connectivity index (χ1v) is 18.0. The predicted molar refractivity (Wildman–Crippen MR) is 187 cm³/mol. The highest BCUT2D eigenvalue weighted by Gasteiger charge is 2.33. The minimum absolute atomic E-state index is 0.0626. The summed E-state index contributed by atoms with van der Waals surface area (Å²) in [5, 5.41) is 5.52. The molecule has 268 valence electrons. The van der Waals surface area contributed by atoms with E-state index in [0.717, 1.165) is 24.8 Å². The first kappa shape index (κ1) is 41.9. The van der Waals surface area contributed by atoms with Crippen molar-refractivity contribution in [2.45, 2.75) is 169 Å². The van der Waals surface area contributed by atoms with Crippen LogP contribution in [0.25, 0.3) is 0 Å². The van der Waals surface area contributed by atoms with E-state index in [2.05, 4.69) is 17.6 Å². The van der Waals surface area contributed by atoms with Gasteiger partial charge in [-0.25, -0.2) is 9.59 Å². The van der Waals surface area contributed by atoms with E-state index in [1.54, 1.807) is 20.8 Å². The van der Waals surface area contributed by atoms with Crippen LogP contribution < -0.4 is 10.6 Å². The molecule has 4 atom stereocenters. The number of ether oxygens (including phenoxy) is 3. The Kier molecular flexibility index (Phi) is 20.7. The van der Waals surface area contributed by atoms with Gasteiger partial charge in [-0.3, -0.25) is 9.59 Å². The largest absolute Gasteiger partial charge is 0.461 e. The summed E-state index contributed by atoms with van der Waals surface area (Å²) in [6.07, 6.45) is 10.4. The zero-order valence-electron chi connectivity index (χ0n) is 30.5. The number of hydrogen-bond acceptors (Lipinski definition) is 7. The lowest BCUT2D eigenvalue weighted by atomic mass is 9.97. The third-order valence-corrected chi connectivity index (χ3v) is 8.03. The normalized spacial score (nSPS) is 14.1. The zero-order chi connectivity index (χ0) is 35.2. The lowest BCUT2D eigenvalue weighted by Crippen LogP contribution is -2.55. The van der Waals surface area contributed by atoms with E-state index < -0.39 is 47.7 Å². The Labute approximate surface area is 284 Å². The highest BCUT2D eigenvalue weighted by atomic mass is 16.6. The Balaban J connectivity index is 2.95. The molecule has 0 aromatic heterocycles. The summed E-state index contributed by atoms with van der Waals surface area (Å²) in [7, 11) is 0. The van der Waals surface area contributed by atoms with Gasteiger partial charge in [0, 0.05) is 0 Å². The summed E-state index contributed by atoms with van der Waals surface area (Å²) in [5.41, 5.74) is 0.154. The molecule has 0 saturated heterocycles. The number of alkyl carbamates (subject to hydrolysis) is 1. The molecular formula is C38H64N2O7. The molecular weight excluding hydrogens is 596 g/mol. The molecule has 47 heavy (non-hydrogen) atoms. The molecule has 0 heterocycles. The summed E-state index contributed by atoms with van der Waals surface area (Å²) in [6, 6.07) is 7.60. The van der Waals surface area contributed by atoms with E-state index >= 15 is 0 Å². The topological polar surface area (TPSA) is 120 Å². The maximum absolute atomic E-state index is 13.7. The Morgan fingerprint density at radius 3 is 1.96 bits per heavy atom. The maximum atomic E-state index is 13.7. The molecule has 1 unspecified atom stereocenters. The fourth-order valence-electron chi connectivity index (χ4n) is 5.18. The molecule has 0 radical (unpaired) electrons. The third-order valence-electron chi connectivity index (χ3n) is 8.03. The van der Waals surface area contributed by atoms with Gasteiger partial charge in [-0.05, 0) is 57.4 Å². The van der Waals surface area contributed by atoms with Crippen molar-refractivity contribution in [3.05, 3.63) is 35.9 Å². The van der Waals surface area contributed by atoms with Crippen LogP contribution in [0.2, 0.25) is 0 Å². The molecule has 0 fully saturated rings. The number of benzene rings is 1. The molecule has 0 aliphatic carbocycles. The summed E-state index contributed by atoms with van der Waals surface area (Å²) in [5.74, 6) is -1.66. The highest BCUT2D eigenvalue weighted by Crippen LogP contribution is 2.19. The van der Waals surface area contributed by atoms with Crippen molar-refractivity contribution < 1.29 is 33.4 Å². The van der Waals surface area contributed by atoms with Crippen molar-refractivity contribution in [3.63, 3.8) is 0 Å². The van der Waals surface area contributed by atoms with Gasteiger partial charge < -0.3 is 24.8 Å². The van der Waals surface area contributed by atoms with Gasteiger partial charge in [0.25, 0.3) is 0 Å². The molecule has 9 nitrogen and oxygen atoms in total. The van der Waals surface area contributed by atoms with E-state index in [1.807, 2.05) is 58.0 Å². The Morgan fingerprint density at radius 1 is 0.809 bits per heavy atom. The Morgan fingerprint density at radius 2 is 1.40 bits per heavy atom. The molecule has 0 saturated carbocycles. The van der Waals surface area contributed by atoms with Crippen molar-refractivity contribution >= 4 is 23.9 Å². The van der Waals surface area contributed by atoms with Crippen LogP contribution in [0.4, 0.5) is 4.79 Å². The average molecular weight is 661 g/mol. The van der Waals surface area contributed by atoms with Gasteiger partial charge in [-0.2, -0.15) is 0 Å². The predicted octanol–water partition coefficient (Wildman–Crippen LogP) is 8.42. The monoisotopic (exact) mass is 660 g/mol. The molecule has 1 aromatic carbocycles. The lowest BCUT2D eigenvalue weighted by molar-refractivity contribution is -0.160. The fraction of sp³-hybridized carbons (Fsp3) is 0.737. The average Bonchev–Trinajstić information content (AvgIpc) is 3.00. The minimum atomic E-state index is -0.950. The van der Waals surface area contributed by atoms with Crippen molar-refractivity contribution in [1.29, 1.82) is 0 Å². The summed E-state index contributed by atoms with van der Waals surface area (Å²) in [6.45, 7) is 15.3. The standard InChI is InChI=1S/C38H64N2O7/c1-9-11-12-13-14-15-16-17-21-24-31(26-33(41)45-27-30-22-19-18-20-23-30)46-36(43)34(29(5)10-2)40-35(42)32(25-28(3)4)39-37(44)47-38(6,7)8/h18-20,22-23,28-29,31-32,34H,9-17,21,24-27H2,1-8H3,(H,39,44)(H,40,42)/t29-,31?,32-,34-/m0/s1. The molecule has 1 aromatic rings. The minimum Gasteiger partial charge on any atom is -0.461 e.